The lowest BCUT2D eigenvalue weighted by Crippen LogP contribution is -2.16. The molecular formula is C13H8BrF3N2O2. The Balaban J connectivity index is 2.64. The van der Waals surface area contributed by atoms with Gasteiger partial charge in [0.1, 0.15) is 5.56 Å². The van der Waals surface area contributed by atoms with Crippen LogP contribution < -0.4 is 0 Å². The van der Waals surface area contributed by atoms with Crippen molar-refractivity contribution in [3.8, 4) is 11.4 Å². The fourth-order valence-electron chi connectivity index (χ4n) is 1.76. The zero-order chi connectivity index (χ0) is 15.8. The molecule has 1 heterocycles. The summed E-state index contributed by atoms with van der Waals surface area (Å²) >= 11 is 3.25. The summed E-state index contributed by atoms with van der Waals surface area (Å²) in [6.07, 6.45) is -4.19. The summed E-state index contributed by atoms with van der Waals surface area (Å²) in [6, 6.07) is 4.91. The van der Waals surface area contributed by atoms with E-state index in [1.54, 1.807) is 25.1 Å². The van der Waals surface area contributed by atoms with E-state index in [2.05, 4.69) is 25.9 Å². The predicted octanol–water partition coefficient (Wildman–Crippen LogP) is 3.93. The van der Waals surface area contributed by atoms with Gasteiger partial charge in [0, 0.05) is 16.2 Å². The Bertz CT molecular complexity index is 717. The smallest absolute Gasteiger partial charge is 0.434 e. The number of aryl methyl sites for hydroxylation is 1. The van der Waals surface area contributed by atoms with E-state index in [4.69, 9.17) is 5.11 Å². The van der Waals surface area contributed by atoms with Gasteiger partial charge in [-0.25, -0.2) is 14.8 Å². The molecule has 0 saturated carbocycles. The van der Waals surface area contributed by atoms with Gasteiger partial charge in [0.05, 0.1) is 0 Å². The van der Waals surface area contributed by atoms with E-state index in [0.717, 1.165) is 4.47 Å². The van der Waals surface area contributed by atoms with Crippen LogP contribution in [0.3, 0.4) is 0 Å². The van der Waals surface area contributed by atoms with Gasteiger partial charge in [-0.15, -0.1) is 0 Å². The van der Waals surface area contributed by atoms with Crippen LogP contribution in [0.1, 0.15) is 21.6 Å². The number of alkyl halides is 3. The molecule has 0 atom stereocenters. The molecule has 1 aromatic carbocycles. The van der Waals surface area contributed by atoms with Crippen LogP contribution in [0.2, 0.25) is 0 Å². The average molecular weight is 361 g/mol. The number of rotatable bonds is 2. The maximum atomic E-state index is 12.9. The van der Waals surface area contributed by atoms with Crippen LogP contribution >= 0.6 is 15.9 Å². The average Bonchev–Trinajstić information content (AvgIpc) is 2.37. The Hall–Kier alpha value is -1.96. The molecular weight excluding hydrogens is 353 g/mol. The maximum absolute atomic E-state index is 12.9. The highest BCUT2D eigenvalue weighted by Crippen LogP contribution is 2.32. The Morgan fingerprint density at radius 2 is 2.00 bits per heavy atom. The molecule has 2 aromatic rings. The minimum Gasteiger partial charge on any atom is -0.478 e. The maximum Gasteiger partial charge on any atom is 0.434 e. The Morgan fingerprint density at radius 3 is 2.52 bits per heavy atom. The van der Waals surface area contributed by atoms with Gasteiger partial charge in [-0.3, -0.25) is 0 Å². The van der Waals surface area contributed by atoms with E-state index in [1.165, 1.54) is 0 Å². The van der Waals surface area contributed by atoms with Crippen LogP contribution in [0.15, 0.2) is 28.9 Å². The third-order valence-corrected chi connectivity index (χ3v) is 3.21. The highest BCUT2D eigenvalue weighted by Gasteiger charge is 2.38. The van der Waals surface area contributed by atoms with E-state index in [-0.39, 0.29) is 5.82 Å². The van der Waals surface area contributed by atoms with Crippen LogP contribution in [0.5, 0.6) is 0 Å². The number of benzene rings is 1. The van der Waals surface area contributed by atoms with Gasteiger partial charge in [0.2, 0.25) is 0 Å². The topological polar surface area (TPSA) is 63.1 Å². The summed E-state index contributed by atoms with van der Waals surface area (Å²) in [5, 5.41) is 8.80. The summed E-state index contributed by atoms with van der Waals surface area (Å²) in [5.74, 6) is -1.89. The predicted molar refractivity (Wildman–Crippen MR) is 71.9 cm³/mol. The number of aromatic nitrogens is 2. The summed E-state index contributed by atoms with van der Waals surface area (Å²) in [5.41, 5.74) is -1.36. The van der Waals surface area contributed by atoms with Crippen LogP contribution in [0, 0.1) is 6.92 Å². The summed E-state index contributed by atoms with van der Waals surface area (Å²) in [7, 11) is 0. The summed E-state index contributed by atoms with van der Waals surface area (Å²) in [6.45, 7) is 1.70. The van der Waals surface area contributed by atoms with Crippen molar-refractivity contribution in [3.05, 3.63) is 45.7 Å². The van der Waals surface area contributed by atoms with Gasteiger partial charge >= 0.3 is 12.1 Å². The second-order valence-electron chi connectivity index (χ2n) is 4.22. The Labute approximate surface area is 125 Å². The number of nitrogens with zero attached hydrogens (tertiary/aromatic N) is 2. The summed E-state index contributed by atoms with van der Waals surface area (Å²) < 4.78 is 39.5. The van der Waals surface area contributed by atoms with E-state index >= 15 is 0 Å². The second kappa shape index (κ2) is 5.44. The van der Waals surface area contributed by atoms with Crippen molar-refractivity contribution < 1.29 is 23.1 Å². The minimum absolute atomic E-state index is 0.169. The highest BCUT2D eigenvalue weighted by atomic mass is 79.9. The van der Waals surface area contributed by atoms with Crippen LogP contribution in [-0.4, -0.2) is 21.0 Å². The molecule has 1 N–H and O–H groups in total. The highest BCUT2D eigenvalue weighted by molar-refractivity contribution is 9.10. The van der Waals surface area contributed by atoms with Crippen molar-refractivity contribution in [2.45, 2.75) is 13.1 Å². The largest absolute Gasteiger partial charge is 0.478 e. The fraction of sp³-hybridized carbons (Fsp3) is 0.154. The quantitative estimate of drug-likeness (QED) is 0.881. The number of hydrogen-bond acceptors (Lipinski definition) is 3. The van der Waals surface area contributed by atoms with E-state index in [0.29, 0.717) is 17.3 Å². The lowest BCUT2D eigenvalue weighted by molar-refractivity contribution is -0.141. The van der Waals surface area contributed by atoms with E-state index < -0.39 is 23.4 Å². The number of halogens is 4. The van der Waals surface area contributed by atoms with Crippen LogP contribution in [0.4, 0.5) is 13.2 Å². The minimum atomic E-state index is -4.87. The number of carbonyl (C=O) groups is 1. The normalized spacial score (nSPS) is 11.5. The van der Waals surface area contributed by atoms with Gasteiger partial charge < -0.3 is 5.11 Å². The molecule has 21 heavy (non-hydrogen) atoms. The molecule has 0 fully saturated rings. The van der Waals surface area contributed by atoms with Crippen molar-refractivity contribution in [2.24, 2.45) is 0 Å². The van der Waals surface area contributed by atoms with E-state index in [9.17, 15) is 18.0 Å². The Morgan fingerprint density at radius 1 is 1.33 bits per heavy atom. The van der Waals surface area contributed by atoms with Gasteiger partial charge in [-0.05, 0) is 30.7 Å². The zero-order valence-electron chi connectivity index (χ0n) is 10.6. The molecule has 0 radical (unpaired) electrons. The molecule has 0 aliphatic rings. The molecule has 8 heteroatoms. The second-order valence-corrected chi connectivity index (χ2v) is 5.13. The van der Waals surface area contributed by atoms with Crippen molar-refractivity contribution >= 4 is 21.9 Å². The van der Waals surface area contributed by atoms with Crippen LogP contribution in [-0.2, 0) is 6.18 Å². The number of carboxylic acid groups (broad SMARTS) is 1. The monoisotopic (exact) mass is 360 g/mol. The first-order valence-corrected chi connectivity index (χ1v) is 6.43. The van der Waals surface area contributed by atoms with Crippen molar-refractivity contribution in [1.29, 1.82) is 0 Å². The lowest BCUT2D eigenvalue weighted by atomic mass is 10.1. The molecule has 0 aliphatic heterocycles. The van der Waals surface area contributed by atoms with Gasteiger partial charge in [0.15, 0.2) is 11.5 Å². The van der Waals surface area contributed by atoms with Gasteiger partial charge in [0.25, 0.3) is 0 Å². The van der Waals surface area contributed by atoms with E-state index in [1.807, 2.05) is 0 Å². The van der Waals surface area contributed by atoms with Crippen molar-refractivity contribution in [3.63, 3.8) is 0 Å². The number of carboxylic acids is 1. The number of hydrogen-bond donors (Lipinski definition) is 1. The lowest BCUT2D eigenvalue weighted by Gasteiger charge is -2.11. The Kier molecular flexibility index (Phi) is 3.99. The molecule has 0 amide bonds. The number of aromatic carboxylic acids is 1. The third-order valence-electron chi connectivity index (χ3n) is 2.72. The summed E-state index contributed by atoms with van der Waals surface area (Å²) in [4.78, 5) is 18.0. The molecule has 0 saturated heterocycles. The molecule has 2 rings (SSSR count). The standard InChI is InChI=1S/C13H8BrF3N2O2/c1-6-4-7(14)2-3-8(6)11-18-5-9(12(20)21)10(19-11)13(15,16)17/h2-5H,1H3,(H,20,21). The molecule has 0 unspecified atom stereocenters. The SMILES string of the molecule is Cc1cc(Br)ccc1-c1ncc(C(=O)O)c(C(F)(F)F)n1. The first-order valence-electron chi connectivity index (χ1n) is 5.64. The van der Waals surface area contributed by atoms with Crippen LogP contribution in [0.25, 0.3) is 11.4 Å². The molecule has 110 valence electrons. The zero-order valence-corrected chi connectivity index (χ0v) is 12.2. The fourth-order valence-corrected chi connectivity index (χ4v) is 2.24. The molecule has 0 bridgehead atoms. The molecule has 1 aromatic heterocycles. The first-order chi connectivity index (χ1) is 9.70. The molecule has 0 spiro atoms. The molecule has 0 aliphatic carbocycles. The van der Waals surface area contributed by atoms with Crippen molar-refractivity contribution in [1.82, 2.24) is 9.97 Å². The first kappa shape index (κ1) is 15.4. The van der Waals surface area contributed by atoms with Gasteiger partial charge in [-0.1, -0.05) is 15.9 Å². The third kappa shape index (κ3) is 3.21. The van der Waals surface area contributed by atoms with Crippen molar-refractivity contribution in [2.75, 3.05) is 0 Å². The van der Waals surface area contributed by atoms with Gasteiger partial charge in [-0.2, -0.15) is 13.2 Å². The molecule has 4 nitrogen and oxygen atoms in total.